The number of hydrogen-bond acceptors (Lipinski definition) is 4. The molecule has 0 saturated carbocycles. The molecule has 0 aliphatic heterocycles. The Morgan fingerprint density at radius 1 is 0.926 bits per heavy atom. The minimum Gasteiger partial charge on any atom is -0.444 e. The Morgan fingerprint density at radius 2 is 1.44 bits per heavy atom. The topological polar surface area (TPSA) is 85.5 Å². The number of hydrogen-bond donors (Lipinski definition) is 2. The van der Waals surface area contributed by atoms with E-state index in [1.54, 1.807) is 0 Å². The van der Waals surface area contributed by atoms with Gasteiger partial charge in [0.05, 0.1) is 13.1 Å². The molecule has 8 heteroatoms. The van der Waals surface area contributed by atoms with Crippen molar-refractivity contribution in [1.29, 1.82) is 0 Å². The van der Waals surface area contributed by atoms with Crippen LogP contribution in [-0.4, -0.2) is 41.0 Å². The van der Waals surface area contributed by atoms with Gasteiger partial charge in [0.2, 0.25) is 6.33 Å². The number of amides is 2. The molecule has 2 N–H and O–H groups in total. The Hall–Kier alpha value is -2.25. The van der Waals surface area contributed by atoms with Crippen LogP contribution in [0, 0.1) is 0 Å². The molecule has 0 unspecified atom stereocenters. The van der Waals surface area contributed by atoms with Gasteiger partial charge in [0.15, 0.2) is 0 Å². The average molecular weight is 384 g/mol. The Bertz CT molecular complexity index is 549. The molecular formula is C19H35N4O4+. The molecule has 0 saturated heterocycles. The van der Waals surface area contributed by atoms with Gasteiger partial charge in [0, 0.05) is 25.9 Å². The van der Waals surface area contributed by atoms with Crippen LogP contribution in [0.25, 0.3) is 0 Å². The number of carbonyl (C=O) groups is 2. The van der Waals surface area contributed by atoms with E-state index < -0.39 is 11.2 Å². The van der Waals surface area contributed by atoms with Gasteiger partial charge in [-0.15, -0.1) is 0 Å². The van der Waals surface area contributed by atoms with E-state index >= 15 is 0 Å². The molecule has 1 aromatic heterocycles. The van der Waals surface area contributed by atoms with Gasteiger partial charge in [-0.05, 0) is 41.5 Å². The third-order valence-corrected chi connectivity index (χ3v) is 3.27. The number of alkyl carbamates (subject to hydrolysis) is 2. The number of aryl methyl sites for hydroxylation is 2. The molecule has 154 valence electrons. The molecule has 1 aromatic rings. The minimum absolute atomic E-state index is 0.387. The predicted octanol–water partition coefficient (Wildman–Crippen LogP) is 2.61. The highest BCUT2D eigenvalue weighted by atomic mass is 16.6. The Labute approximate surface area is 162 Å². The molecule has 0 aliphatic rings. The SMILES string of the molecule is CC(C)(C)OC(=O)NCCCn1cc[n+](CCCNC(=O)OC(C)(C)C)c1. The maximum atomic E-state index is 11.6. The van der Waals surface area contributed by atoms with Crippen LogP contribution in [0.4, 0.5) is 9.59 Å². The molecule has 0 spiro atoms. The molecule has 0 aliphatic carbocycles. The number of nitrogens with zero attached hydrogens (tertiary/aromatic N) is 2. The molecule has 0 aromatic carbocycles. The van der Waals surface area contributed by atoms with Crippen molar-refractivity contribution < 1.29 is 23.6 Å². The molecule has 0 fully saturated rings. The highest BCUT2D eigenvalue weighted by Gasteiger charge is 2.16. The van der Waals surface area contributed by atoms with E-state index in [1.165, 1.54) is 0 Å². The Balaban J connectivity index is 2.17. The summed E-state index contributed by atoms with van der Waals surface area (Å²) in [7, 11) is 0. The van der Waals surface area contributed by atoms with Gasteiger partial charge in [-0.2, -0.15) is 0 Å². The summed E-state index contributed by atoms with van der Waals surface area (Å²) < 4.78 is 14.5. The van der Waals surface area contributed by atoms with Crippen molar-refractivity contribution in [3.05, 3.63) is 18.7 Å². The molecule has 8 nitrogen and oxygen atoms in total. The molecule has 0 radical (unpaired) electrons. The maximum Gasteiger partial charge on any atom is 0.407 e. The van der Waals surface area contributed by atoms with E-state index in [4.69, 9.17) is 9.47 Å². The van der Waals surface area contributed by atoms with Crippen molar-refractivity contribution in [2.75, 3.05) is 13.1 Å². The van der Waals surface area contributed by atoms with Crippen LogP contribution in [0.1, 0.15) is 54.4 Å². The third kappa shape index (κ3) is 11.9. The highest BCUT2D eigenvalue weighted by Crippen LogP contribution is 2.07. The number of imidazole rings is 1. The van der Waals surface area contributed by atoms with E-state index in [-0.39, 0.29) is 12.2 Å². The summed E-state index contributed by atoms with van der Waals surface area (Å²) in [4.78, 5) is 23.1. The standard InChI is InChI=1S/C19H34N4O4/c1-18(2,3)26-16(24)20-9-7-11-22-13-14-23(15-22)12-8-10-21-17(25)27-19(4,5)6/h13-15H,7-12H2,1-6H3,(H-,20,21,24,25)/p+1. The Morgan fingerprint density at radius 3 is 1.96 bits per heavy atom. The fourth-order valence-electron chi connectivity index (χ4n) is 2.24. The molecule has 2 amide bonds. The first-order valence-corrected chi connectivity index (χ1v) is 9.43. The van der Waals surface area contributed by atoms with Crippen molar-refractivity contribution in [3.8, 4) is 0 Å². The van der Waals surface area contributed by atoms with Gasteiger partial charge in [-0.25, -0.2) is 18.7 Å². The summed E-state index contributed by atoms with van der Waals surface area (Å²) in [5.41, 5.74) is -0.956. The van der Waals surface area contributed by atoms with E-state index in [1.807, 2.05) is 60.3 Å². The van der Waals surface area contributed by atoms with Gasteiger partial charge in [0.1, 0.15) is 23.6 Å². The largest absolute Gasteiger partial charge is 0.444 e. The zero-order valence-electron chi connectivity index (χ0n) is 17.5. The van der Waals surface area contributed by atoms with Crippen LogP contribution in [0.5, 0.6) is 0 Å². The van der Waals surface area contributed by atoms with E-state index in [0.717, 1.165) is 25.9 Å². The minimum atomic E-state index is -0.478. The second kappa shape index (κ2) is 10.2. The maximum absolute atomic E-state index is 11.6. The molecule has 1 heterocycles. The lowest BCUT2D eigenvalue weighted by Gasteiger charge is -2.19. The predicted molar refractivity (Wildman–Crippen MR) is 102 cm³/mol. The highest BCUT2D eigenvalue weighted by molar-refractivity contribution is 5.67. The smallest absolute Gasteiger partial charge is 0.407 e. The summed E-state index contributed by atoms with van der Waals surface area (Å²) >= 11 is 0. The van der Waals surface area contributed by atoms with Gasteiger partial charge < -0.3 is 20.1 Å². The lowest BCUT2D eigenvalue weighted by Crippen LogP contribution is -2.36. The summed E-state index contributed by atoms with van der Waals surface area (Å²) in [6.45, 7) is 13.8. The monoisotopic (exact) mass is 383 g/mol. The molecule has 27 heavy (non-hydrogen) atoms. The van der Waals surface area contributed by atoms with Crippen molar-refractivity contribution in [2.45, 2.75) is 78.7 Å². The number of ether oxygens (including phenoxy) is 2. The number of aromatic nitrogens is 2. The quantitative estimate of drug-likeness (QED) is 0.534. The summed E-state index contributed by atoms with van der Waals surface area (Å²) in [5, 5.41) is 5.50. The first-order valence-electron chi connectivity index (χ1n) is 9.43. The first-order chi connectivity index (χ1) is 12.4. The third-order valence-electron chi connectivity index (χ3n) is 3.27. The lowest BCUT2D eigenvalue weighted by molar-refractivity contribution is -0.696. The normalized spacial score (nSPS) is 11.8. The van der Waals surface area contributed by atoms with Gasteiger partial charge in [-0.1, -0.05) is 0 Å². The van der Waals surface area contributed by atoms with Crippen LogP contribution >= 0.6 is 0 Å². The van der Waals surface area contributed by atoms with Crippen molar-refractivity contribution in [3.63, 3.8) is 0 Å². The van der Waals surface area contributed by atoms with Crippen LogP contribution in [0.3, 0.4) is 0 Å². The van der Waals surface area contributed by atoms with Crippen molar-refractivity contribution in [2.24, 2.45) is 0 Å². The Kier molecular flexibility index (Phi) is 8.59. The van der Waals surface area contributed by atoms with Crippen molar-refractivity contribution >= 4 is 12.2 Å². The van der Waals surface area contributed by atoms with Crippen molar-refractivity contribution in [1.82, 2.24) is 15.2 Å². The van der Waals surface area contributed by atoms with Gasteiger partial charge in [-0.3, -0.25) is 0 Å². The molecule has 0 bridgehead atoms. The molecular weight excluding hydrogens is 348 g/mol. The second-order valence-corrected chi connectivity index (χ2v) is 8.45. The zero-order chi connectivity index (χ0) is 20.5. The summed E-state index contributed by atoms with van der Waals surface area (Å²) in [6.07, 6.45) is 6.86. The number of rotatable bonds is 8. The van der Waals surface area contributed by atoms with Crippen LogP contribution in [0.2, 0.25) is 0 Å². The van der Waals surface area contributed by atoms with E-state index in [2.05, 4.69) is 19.8 Å². The van der Waals surface area contributed by atoms with E-state index in [9.17, 15) is 9.59 Å². The molecule has 1 rings (SSSR count). The van der Waals surface area contributed by atoms with E-state index in [0.29, 0.717) is 13.1 Å². The molecule has 0 atom stereocenters. The zero-order valence-corrected chi connectivity index (χ0v) is 17.5. The fraction of sp³-hybridized carbons (Fsp3) is 0.737. The van der Waals surface area contributed by atoms with Gasteiger partial charge >= 0.3 is 12.2 Å². The number of nitrogens with one attached hydrogen (secondary N) is 2. The lowest BCUT2D eigenvalue weighted by atomic mass is 10.2. The van der Waals surface area contributed by atoms with Crippen LogP contribution < -0.4 is 15.2 Å². The first kappa shape index (κ1) is 22.8. The van der Waals surface area contributed by atoms with Crippen LogP contribution in [0.15, 0.2) is 18.7 Å². The summed E-state index contributed by atoms with van der Waals surface area (Å²) in [5.74, 6) is 0. The average Bonchev–Trinajstić information content (AvgIpc) is 2.92. The second-order valence-electron chi connectivity index (χ2n) is 8.45. The summed E-state index contributed by atoms with van der Waals surface area (Å²) in [6, 6.07) is 0. The number of carbonyl (C=O) groups excluding carboxylic acids is 2. The van der Waals surface area contributed by atoms with Crippen LogP contribution in [-0.2, 0) is 22.6 Å². The fourth-order valence-corrected chi connectivity index (χ4v) is 2.24. The van der Waals surface area contributed by atoms with Gasteiger partial charge in [0.25, 0.3) is 0 Å².